The lowest BCUT2D eigenvalue weighted by molar-refractivity contribution is 0.613. The number of anilines is 1. The Morgan fingerprint density at radius 2 is 2.18 bits per heavy atom. The van der Waals surface area contributed by atoms with Crippen molar-refractivity contribution < 1.29 is 0 Å². The molecule has 0 radical (unpaired) electrons. The minimum Gasteiger partial charge on any atom is -0.368 e. The van der Waals surface area contributed by atoms with Crippen LogP contribution in [0.3, 0.4) is 0 Å². The molecule has 2 aromatic heterocycles. The fourth-order valence-corrected chi connectivity index (χ4v) is 2.11. The van der Waals surface area contributed by atoms with E-state index >= 15 is 0 Å². The van der Waals surface area contributed by atoms with Crippen LogP contribution in [0.15, 0.2) is 6.33 Å². The minimum absolute atomic E-state index is 0.336. The molecule has 0 atom stereocenters. The number of aromatic nitrogens is 4. The first-order valence-corrected chi connectivity index (χ1v) is 6.14. The van der Waals surface area contributed by atoms with Crippen LogP contribution < -0.4 is 5.73 Å². The van der Waals surface area contributed by atoms with Crippen molar-refractivity contribution in [1.29, 1.82) is 0 Å². The molecular weight excluding hydrogens is 214 g/mol. The molecule has 0 amide bonds. The van der Waals surface area contributed by atoms with E-state index < -0.39 is 0 Å². The number of hydrogen-bond donors (Lipinski definition) is 1. The molecule has 1 saturated carbocycles. The Balaban J connectivity index is 2.14. The third kappa shape index (κ3) is 1.85. The van der Waals surface area contributed by atoms with Crippen LogP contribution in [0.5, 0.6) is 0 Å². The molecule has 1 aliphatic rings. The van der Waals surface area contributed by atoms with Gasteiger partial charge in [0, 0.05) is 6.04 Å². The zero-order chi connectivity index (χ0) is 12.0. The zero-order valence-electron chi connectivity index (χ0n) is 10.2. The summed E-state index contributed by atoms with van der Waals surface area (Å²) in [6, 6.07) is 0.336. The number of nitrogen functional groups attached to an aromatic ring is 1. The van der Waals surface area contributed by atoms with E-state index in [9.17, 15) is 0 Å². The van der Waals surface area contributed by atoms with Crippen LogP contribution >= 0.6 is 0 Å². The first-order chi connectivity index (χ1) is 8.15. The summed E-state index contributed by atoms with van der Waals surface area (Å²) >= 11 is 0. The summed E-state index contributed by atoms with van der Waals surface area (Å²) in [7, 11) is 0. The molecule has 0 unspecified atom stereocenters. The van der Waals surface area contributed by atoms with E-state index in [2.05, 4.69) is 28.8 Å². The molecular formula is C12H17N5. The normalized spacial score (nSPS) is 15.9. The number of nitrogens with zero attached hydrogens (tertiary/aromatic N) is 4. The van der Waals surface area contributed by atoms with Crippen LogP contribution in [-0.2, 0) is 6.42 Å². The summed E-state index contributed by atoms with van der Waals surface area (Å²) in [5, 5.41) is 0. The first-order valence-electron chi connectivity index (χ1n) is 6.14. The third-order valence-electron chi connectivity index (χ3n) is 3.25. The van der Waals surface area contributed by atoms with Gasteiger partial charge in [0.1, 0.15) is 5.52 Å². The maximum absolute atomic E-state index is 5.79. The van der Waals surface area contributed by atoms with Crippen LogP contribution in [0.4, 0.5) is 5.95 Å². The van der Waals surface area contributed by atoms with Crippen LogP contribution in [0, 0.1) is 5.92 Å². The van der Waals surface area contributed by atoms with Crippen molar-refractivity contribution in [3.05, 3.63) is 12.0 Å². The van der Waals surface area contributed by atoms with Crippen LogP contribution in [0.2, 0.25) is 0 Å². The average Bonchev–Trinajstić information content (AvgIpc) is 2.94. The predicted octanol–water partition coefficient (Wildman–Crippen LogP) is 1.94. The van der Waals surface area contributed by atoms with Crippen molar-refractivity contribution in [3.8, 4) is 0 Å². The number of nitrogens with two attached hydrogens (primary N) is 1. The molecule has 2 aromatic rings. The molecule has 90 valence electrons. The Morgan fingerprint density at radius 3 is 2.82 bits per heavy atom. The summed E-state index contributed by atoms with van der Waals surface area (Å²) in [5.41, 5.74) is 8.57. The highest BCUT2D eigenvalue weighted by Gasteiger charge is 2.24. The topological polar surface area (TPSA) is 69.6 Å². The quantitative estimate of drug-likeness (QED) is 0.876. The monoisotopic (exact) mass is 231 g/mol. The predicted molar refractivity (Wildman–Crippen MR) is 66.5 cm³/mol. The minimum atomic E-state index is 0.336. The lowest BCUT2D eigenvalue weighted by Crippen LogP contribution is -2.05. The second kappa shape index (κ2) is 3.68. The van der Waals surface area contributed by atoms with E-state index in [1.165, 1.54) is 12.8 Å². The van der Waals surface area contributed by atoms with E-state index in [4.69, 9.17) is 5.73 Å². The van der Waals surface area contributed by atoms with Gasteiger partial charge in [-0.25, -0.2) is 9.97 Å². The molecule has 0 bridgehead atoms. The van der Waals surface area contributed by atoms with E-state index in [0.717, 1.165) is 29.2 Å². The average molecular weight is 231 g/mol. The van der Waals surface area contributed by atoms with Gasteiger partial charge in [0.25, 0.3) is 0 Å². The van der Waals surface area contributed by atoms with E-state index in [-0.39, 0.29) is 0 Å². The summed E-state index contributed by atoms with van der Waals surface area (Å²) < 4.78 is 2.05. The van der Waals surface area contributed by atoms with Crippen molar-refractivity contribution in [3.63, 3.8) is 0 Å². The highest BCUT2D eigenvalue weighted by atomic mass is 15.2. The van der Waals surface area contributed by atoms with Crippen LogP contribution in [-0.4, -0.2) is 19.5 Å². The summed E-state index contributed by atoms with van der Waals surface area (Å²) in [6.45, 7) is 4.22. The molecule has 0 saturated heterocycles. The van der Waals surface area contributed by atoms with Crippen LogP contribution in [0.1, 0.15) is 38.4 Å². The molecule has 5 nitrogen and oxygen atoms in total. The molecule has 0 aliphatic heterocycles. The Labute approximate surface area is 100 Å². The lowest BCUT2D eigenvalue weighted by Gasteiger charge is -2.08. The molecule has 2 heterocycles. The Morgan fingerprint density at radius 1 is 1.41 bits per heavy atom. The maximum Gasteiger partial charge on any atom is 0.222 e. The van der Waals surface area contributed by atoms with Crippen molar-refractivity contribution in [2.24, 2.45) is 5.92 Å². The number of rotatable bonds is 3. The molecule has 3 rings (SSSR count). The molecule has 5 heteroatoms. The SMILES string of the molecule is CC(C)n1cnc2c(CC3CC3)nc(N)nc21. The van der Waals surface area contributed by atoms with Crippen molar-refractivity contribution in [1.82, 2.24) is 19.5 Å². The van der Waals surface area contributed by atoms with Gasteiger partial charge in [0.2, 0.25) is 5.95 Å². The molecule has 2 N–H and O–H groups in total. The van der Waals surface area contributed by atoms with Gasteiger partial charge in [0.15, 0.2) is 5.65 Å². The van der Waals surface area contributed by atoms with Gasteiger partial charge in [-0.15, -0.1) is 0 Å². The smallest absolute Gasteiger partial charge is 0.222 e. The summed E-state index contributed by atoms with van der Waals surface area (Å²) in [5.74, 6) is 1.13. The summed E-state index contributed by atoms with van der Waals surface area (Å²) in [4.78, 5) is 13.1. The van der Waals surface area contributed by atoms with Gasteiger partial charge < -0.3 is 10.3 Å². The zero-order valence-corrected chi connectivity index (χ0v) is 10.2. The van der Waals surface area contributed by atoms with Crippen molar-refractivity contribution in [2.75, 3.05) is 5.73 Å². The van der Waals surface area contributed by atoms with Gasteiger partial charge in [-0.3, -0.25) is 0 Å². The molecule has 17 heavy (non-hydrogen) atoms. The van der Waals surface area contributed by atoms with Gasteiger partial charge in [-0.1, -0.05) is 0 Å². The maximum atomic E-state index is 5.79. The second-order valence-electron chi connectivity index (χ2n) is 5.09. The highest BCUT2D eigenvalue weighted by molar-refractivity contribution is 5.74. The summed E-state index contributed by atoms with van der Waals surface area (Å²) in [6.07, 6.45) is 5.42. The van der Waals surface area contributed by atoms with Gasteiger partial charge in [-0.2, -0.15) is 4.98 Å². The van der Waals surface area contributed by atoms with Crippen molar-refractivity contribution >= 4 is 17.1 Å². The molecule has 0 aromatic carbocycles. The Hall–Kier alpha value is -1.65. The highest BCUT2D eigenvalue weighted by Crippen LogP contribution is 2.33. The molecule has 1 aliphatic carbocycles. The number of imidazole rings is 1. The Bertz CT molecular complexity index is 553. The number of fused-ring (bicyclic) bond motifs is 1. The van der Waals surface area contributed by atoms with E-state index in [1.807, 2.05) is 10.9 Å². The van der Waals surface area contributed by atoms with Crippen molar-refractivity contribution in [2.45, 2.75) is 39.2 Å². The number of hydrogen-bond acceptors (Lipinski definition) is 4. The fraction of sp³-hybridized carbons (Fsp3) is 0.583. The fourth-order valence-electron chi connectivity index (χ4n) is 2.11. The van der Waals surface area contributed by atoms with Gasteiger partial charge in [0.05, 0.1) is 12.0 Å². The third-order valence-corrected chi connectivity index (χ3v) is 3.25. The largest absolute Gasteiger partial charge is 0.368 e. The molecule has 1 fully saturated rings. The van der Waals surface area contributed by atoms with Crippen LogP contribution in [0.25, 0.3) is 11.2 Å². The standard InChI is InChI=1S/C12H17N5/c1-7(2)17-6-14-10-9(5-8-3-4-8)15-12(13)16-11(10)17/h6-8H,3-5H2,1-2H3,(H2,13,15,16). The Kier molecular flexibility index (Phi) is 2.28. The first kappa shape index (κ1) is 10.5. The lowest BCUT2D eigenvalue weighted by atomic mass is 10.2. The van der Waals surface area contributed by atoms with E-state index in [1.54, 1.807) is 0 Å². The molecule has 0 spiro atoms. The van der Waals surface area contributed by atoms with Gasteiger partial charge in [-0.05, 0) is 39.0 Å². The van der Waals surface area contributed by atoms with Gasteiger partial charge >= 0.3 is 0 Å². The van der Waals surface area contributed by atoms with E-state index in [0.29, 0.717) is 12.0 Å². The second-order valence-corrected chi connectivity index (χ2v) is 5.09.